The van der Waals surface area contributed by atoms with Crippen molar-refractivity contribution in [3.8, 4) is 0 Å². The molecule has 8 heteroatoms. The molecule has 1 atom stereocenters. The predicted molar refractivity (Wildman–Crippen MR) is 168 cm³/mol. The SMILES string of the molecule is CCC[CH2][SnH]([CH2]CCC)[CH2]C(CC)n1nc(N2CCOCC2)c2nc(CN3CCC(C(C)(C)C)CC3)n(C)c21. The maximum atomic E-state index is 5.70. The third-order valence-corrected chi connectivity index (χ3v) is 20.1. The summed E-state index contributed by atoms with van der Waals surface area (Å²) in [7, 11) is 2.25. The zero-order chi connectivity index (χ0) is 28.0. The zero-order valence-electron chi connectivity index (χ0n) is 26.3. The Labute approximate surface area is 245 Å². The predicted octanol–water partition coefficient (Wildman–Crippen LogP) is 6.64. The van der Waals surface area contributed by atoms with Crippen LogP contribution in [0.3, 0.4) is 0 Å². The van der Waals surface area contributed by atoms with Crippen molar-refractivity contribution < 1.29 is 4.74 Å². The van der Waals surface area contributed by atoms with Gasteiger partial charge in [-0.2, -0.15) is 0 Å². The van der Waals surface area contributed by atoms with Gasteiger partial charge in [-0.05, 0) is 0 Å². The van der Waals surface area contributed by atoms with Crippen LogP contribution in [0, 0.1) is 11.3 Å². The number of rotatable bonds is 13. The van der Waals surface area contributed by atoms with Crippen molar-refractivity contribution in [3.05, 3.63) is 5.82 Å². The van der Waals surface area contributed by atoms with E-state index in [9.17, 15) is 0 Å². The number of aryl methyl sites for hydroxylation is 1. The second kappa shape index (κ2) is 14.4. The van der Waals surface area contributed by atoms with Gasteiger partial charge in [0.15, 0.2) is 0 Å². The molecule has 0 N–H and O–H groups in total. The van der Waals surface area contributed by atoms with Crippen molar-refractivity contribution in [1.29, 1.82) is 0 Å². The Kier molecular flexibility index (Phi) is 11.5. The summed E-state index contributed by atoms with van der Waals surface area (Å²) < 4.78 is 15.1. The fourth-order valence-electron chi connectivity index (χ4n) is 6.88. The van der Waals surface area contributed by atoms with Crippen LogP contribution in [0.4, 0.5) is 5.82 Å². The first-order chi connectivity index (χ1) is 18.8. The normalized spacial score (nSPS) is 19.0. The van der Waals surface area contributed by atoms with E-state index in [1.54, 1.807) is 8.87 Å². The monoisotopic (exact) mass is 650 g/mol. The average Bonchev–Trinajstić information content (AvgIpc) is 3.45. The van der Waals surface area contributed by atoms with Crippen molar-refractivity contribution in [3.63, 3.8) is 0 Å². The van der Waals surface area contributed by atoms with Crippen LogP contribution in [-0.4, -0.2) is 83.4 Å². The first-order valence-corrected chi connectivity index (χ1v) is 23.2. The summed E-state index contributed by atoms with van der Waals surface area (Å²) in [5.41, 5.74) is 2.78. The second-order valence-electron chi connectivity index (χ2n) is 13.5. The van der Waals surface area contributed by atoms with Gasteiger partial charge in [-0.25, -0.2) is 0 Å². The standard InChI is InChI=1S/C23H39N6O.2C4H9.Sn.H/c1-7-17(2)29-22-20(21(25-29)28-12-14-30-15-13-28)24-19(26(22)6)16-27-10-8-18(9-11-27)23(3,4)5;2*1-3-4-2;;/h17-18H,2,7-16H2,1,3-6H3;2*1,3-4H2,2H3;;. The Hall–Kier alpha value is -0.801. The molecule has 39 heavy (non-hydrogen) atoms. The Morgan fingerprint density at radius 1 is 0.974 bits per heavy atom. The molecule has 0 amide bonds. The molecular formula is C31H58N6OSn. The van der Waals surface area contributed by atoms with E-state index in [1.165, 1.54) is 67.5 Å². The first-order valence-electron chi connectivity index (χ1n) is 16.3. The number of fused-ring (bicyclic) bond motifs is 1. The van der Waals surface area contributed by atoms with Crippen molar-refractivity contribution >= 4 is 36.7 Å². The number of anilines is 1. The number of likely N-dealkylation sites (tertiary alicyclic amines) is 1. The number of morpholine rings is 1. The molecule has 2 fully saturated rings. The molecule has 0 aromatic carbocycles. The topological polar surface area (TPSA) is 51.4 Å². The van der Waals surface area contributed by atoms with Crippen molar-refractivity contribution in [2.75, 3.05) is 44.3 Å². The van der Waals surface area contributed by atoms with Crippen LogP contribution in [0.1, 0.15) is 98.4 Å². The van der Waals surface area contributed by atoms with E-state index in [0.29, 0.717) is 11.5 Å². The number of ether oxygens (including phenoxy) is 1. The first kappa shape index (κ1) is 31.1. The molecule has 2 aromatic heterocycles. The van der Waals surface area contributed by atoms with Crippen molar-refractivity contribution in [2.24, 2.45) is 18.4 Å². The quantitative estimate of drug-likeness (QED) is 0.228. The summed E-state index contributed by atoms with van der Waals surface area (Å²) in [4.78, 5) is 10.4. The molecule has 0 bridgehead atoms. The number of aromatic nitrogens is 4. The molecule has 0 spiro atoms. The van der Waals surface area contributed by atoms with Gasteiger partial charge >= 0.3 is 226 Å². The van der Waals surface area contributed by atoms with Crippen LogP contribution < -0.4 is 4.90 Å². The molecule has 0 aliphatic carbocycles. The number of imidazole rings is 1. The summed E-state index contributed by atoms with van der Waals surface area (Å²) in [5, 5.41) is 5.37. The van der Waals surface area contributed by atoms with E-state index in [-0.39, 0.29) is 0 Å². The summed E-state index contributed by atoms with van der Waals surface area (Å²) in [6, 6.07) is 0.502. The number of nitrogens with zero attached hydrogens (tertiary/aromatic N) is 6. The van der Waals surface area contributed by atoms with E-state index in [1.807, 2.05) is 0 Å². The fraction of sp³-hybridized carbons (Fsp3) is 0.871. The van der Waals surface area contributed by atoms with Crippen LogP contribution in [0.15, 0.2) is 0 Å². The molecule has 222 valence electrons. The van der Waals surface area contributed by atoms with Crippen molar-refractivity contribution in [2.45, 2.75) is 112 Å². The van der Waals surface area contributed by atoms with Crippen LogP contribution >= 0.6 is 0 Å². The molecule has 0 saturated carbocycles. The van der Waals surface area contributed by atoms with Gasteiger partial charge in [0.1, 0.15) is 0 Å². The third kappa shape index (κ3) is 7.73. The van der Waals surface area contributed by atoms with E-state index in [2.05, 4.69) is 67.6 Å². The van der Waals surface area contributed by atoms with Gasteiger partial charge in [0.2, 0.25) is 0 Å². The number of piperidine rings is 1. The molecule has 7 nitrogen and oxygen atoms in total. The van der Waals surface area contributed by atoms with E-state index < -0.39 is 19.8 Å². The van der Waals surface area contributed by atoms with Gasteiger partial charge in [-0.15, -0.1) is 0 Å². The summed E-state index contributed by atoms with van der Waals surface area (Å²) in [6.07, 6.45) is 9.27. The zero-order valence-corrected chi connectivity index (χ0v) is 29.6. The molecule has 0 radical (unpaired) electrons. The minimum atomic E-state index is -1.62. The van der Waals surface area contributed by atoms with Gasteiger partial charge in [-0.1, -0.05) is 20.8 Å². The number of unbranched alkanes of at least 4 members (excludes halogenated alkanes) is 2. The van der Waals surface area contributed by atoms with E-state index in [0.717, 1.165) is 56.5 Å². The van der Waals surface area contributed by atoms with E-state index >= 15 is 0 Å². The molecule has 2 aromatic rings. The summed E-state index contributed by atoms with van der Waals surface area (Å²) in [5.74, 6) is 3.11. The van der Waals surface area contributed by atoms with Crippen LogP contribution in [-0.2, 0) is 18.3 Å². The molecule has 4 rings (SSSR count). The number of hydrogen-bond donors (Lipinski definition) is 0. The Morgan fingerprint density at radius 3 is 2.18 bits per heavy atom. The summed E-state index contributed by atoms with van der Waals surface area (Å²) in [6.45, 7) is 21.0. The average molecular weight is 650 g/mol. The maximum absolute atomic E-state index is 5.70. The number of hydrogen-bond acceptors (Lipinski definition) is 5. The van der Waals surface area contributed by atoms with Crippen molar-refractivity contribution in [1.82, 2.24) is 24.2 Å². The molecule has 2 saturated heterocycles. The summed E-state index contributed by atoms with van der Waals surface area (Å²) >= 11 is -1.62. The molecule has 4 heterocycles. The molecule has 2 aliphatic rings. The second-order valence-corrected chi connectivity index (χ2v) is 23.1. The fourth-order valence-corrected chi connectivity index (χ4v) is 18.4. The molecule has 1 unspecified atom stereocenters. The third-order valence-electron chi connectivity index (χ3n) is 9.63. The van der Waals surface area contributed by atoms with Gasteiger partial charge < -0.3 is 0 Å². The van der Waals surface area contributed by atoms with E-state index in [4.69, 9.17) is 14.8 Å². The van der Waals surface area contributed by atoms with Crippen LogP contribution in [0.2, 0.25) is 13.3 Å². The van der Waals surface area contributed by atoms with Crippen LogP contribution in [0.5, 0.6) is 0 Å². The van der Waals surface area contributed by atoms with Crippen LogP contribution in [0.25, 0.3) is 11.2 Å². The Balaban J connectivity index is 1.62. The van der Waals surface area contributed by atoms with Gasteiger partial charge in [-0.3, -0.25) is 0 Å². The Bertz CT molecular complexity index is 1000. The van der Waals surface area contributed by atoms with Gasteiger partial charge in [0, 0.05) is 0 Å². The molecule has 2 aliphatic heterocycles. The minimum absolute atomic E-state index is 0.410. The Morgan fingerprint density at radius 2 is 1.62 bits per heavy atom. The van der Waals surface area contributed by atoms with Gasteiger partial charge in [0.05, 0.1) is 0 Å². The molecular weight excluding hydrogens is 591 g/mol. The van der Waals surface area contributed by atoms with Gasteiger partial charge in [0.25, 0.3) is 0 Å².